The van der Waals surface area contributed by atoms with Crippen molar-refractivity contribution in [3.63, 3.8) is 0 Å². The van der Waals surface area contributed by atoms with Crippen molar-refractivity contribution in [2.24, 2.45) is 5.73 Å². The van der Waals surface area contributed by atoms with Crippen LogP contribution in [0.1, 0.15) is 32.0 Å². The maximum Gasteiger partial charge on any atom is 0.261 e. The molecule has 18 heavy (non-hydrogen) atoms. The number of rotatable bonds is 8. The van der Waals surface area contributed by atoms with Crippen LogP contribution in [-0.4, -0.2) is 35.3 Å². The van der Waals surface area contributed by atoms with Gasteiger partial charge in [0.25, 0.3) is 6.43 Å². The lowest BCUT2D eigenvalue weighted by Gasteiger charge is -2.16. The number of halogens is 2. The van der Waals surface area contributed by atoms with Gasteiger partial charge in [-0.3, -0.25) is 0 Å². The van der Waals surface area contributed by atoms with Crippen LogP contribution in [0.4, 0.5) is 8.78 Å². The number of aromatic nitrogens is 2. The molecule has 0 amide bonds. The Morgan fingerprint density at radius 3 is 2.72 bits per heavy atom. The van der Waals surface area contributed by atoms with Crippen LogP contribution in [0.5, 0.6) is 0 Å². The summed E-state index contributed by atoms with van der Waals surface area (Å²) in [6.45, 7) is 3.43. The minimum atomic E-state index is -2.45. The Hall–Kier alpha value is -1.08. The third kappa shape index (κ3) is 6.61. The van der Waals surface area contributed by atoms with Crippen molar-refractivity contribution in [1.82, 2.24) is 10.1 Å². The highest BCUT2D eigenvalue weighted by molar-refractivity contribution is 4.88. The lowest BCUT2D eigenvalue weighted by molar-refractivity contribution is 0.0182. The highest BCUT2D eigenvalue weighted by Gasteiger charge is 2.14. The normalized spacial score (nSPS) is 12.3. The van der Waals surface area contributed by atoms with Gasteiger partial charge in [0.15, 0.2) is 5.82 Å². The number of aryl methyl sites for hydroxylation is 1. The van der Waals surface area contributed by atoms with E-state index in [1.165, 1.54) is 0 Å². The predicted octanol–water partition coefficient (Wildman–Crippen LogP) is 1.56. The fourth-order valence-electron chi connectivity index (χ4n) is 1.26. The zero-order valence-corrected chi connectivity index (χ0v) is 10.7. The lowest BCUT2D eigenvalue weighted by Crippen LogP contribution is -2.32. The van der Waals surface area contributed by atoms with Gasteiger partial charge >= 0.3 is 0 Å². The lowest BCUT2D eigenvalue weighted by atomic mass is 10.0. The SMILES string of the molecule is CC(C)(N)CCc1nc(CCOCC(F)F)no1. The minimum absolute atomic E-state index is 0.158. The summed E-state index contributed by atoms with van der Waals surface area (Å²) in [5.74, 6) is 0.978. The van der Waals surface area contributed by atoms with Crippen LogP contribution < -0.4 is 5.73 Å². The second kappa shape index (κ2) is 6.75. The van der Waals surface area contributed by atoms with E-state index in [9.17, 15) is 8.78 Å². The largest absolute Gasteiger partial charge is 0.375 e. The predicted molar refractivity (Wildman–Crippen MR) is 61.4 cm³/mol. The molecule has 7 heteroatoms. The Kier molecular flexibility index (Phi) is 5.61. The highest BCUT2D eigenvalue weighted by atomic mass is 19.3. The molecule has 0 saturated carbocycles. The summed E-state index contributed by atoms with van der Waals surface area (Å²) in [5.41, 5.74) is 5.55. The molecular formula is C11H19F2N3O2. The molecule has 0 bridgehead atoms. The van der Waals surface area contributed by atoms with Crippen molar-refractivity contribution in [2.45, 2.75) is 45.1 Å². The average Bonchev–Trinajstić information content (AvgIpc) is 2.68. The Morgan fingerprint density at radius 2 is 2.11 bits per heavy atom. The van der Waals surface area contributed by atoms with Crippen molar-refractivity contribution in [3.05, 3.63) is 11.7 Å². The molecule has 0 aromatic carbocycles. The van der Waals surface area contributed by atoms with Gasteiger partial charge < -0.3 is 15.0 Å². The van der Waals surface area contributed by atoms with Gasteiger partial charge in [-0.15, -0.1) is 0 Å². The maximum absolute atomic E-state index is 11.8. The van der Waals surface area contributed by atoms with E-state index in [0.29, 0.717) is 24.6 Å². The van der Waals surface area contributed by atoms with E-state index in [0.717, 1.165) is 6.42 Å². The Labute approximate surface area is 105 Å². The van der Waals surface area contributed by atoms with Crippen LogP contribution in [0, 0.1) is 0 Å². The molecule has 0 aliphatic heterocycles. The standard InChI is InChI=1S/C11H19F2N3O2/c1-11(2,14)5-3-10-15-9(16-18-10)4-6-17-7-8(12)13/h8H,3-7,14H2,1-2H3. The number of alkyl halides is 2. The maximum atomic E-state index is 11.8. The Balaban J connectivity index is 2.26. The molecule has 1 rings (SSSR count). The van der Waals surface area contributed by atoms with E-state index in [1.807, 2.05) is 13.8 Å². The number of hydrogen-bond acceptors (Lipinski definition) is 5. The summed E-state index contributed by atoms with van der Waals surface area (Å²) >= 11 is 0. The van der Waals surface area contributed by atoms with E-state index in [2.05, 4.69) is 10.1 Å². The van der Waals surface area contributed by atoms with Crippen LogP contribution in [-0.2, 0) is 17.6 Å². The summed E-state index contributed by atoms with van der Waals surface area (Å²) < 4.78 is 33.3. The highest BCUT2D eigenvalue weighted by Crippen LogP contribution is 2.09. The minimum Gasteiger partial charge on any atom is -0.375 e. The fourth-order valence-corrected chi connectivity index (χ4v) is 1.26. The summed E-state index contributed by atoms with van der Waals surface area (Å²) in [7, 11) is 0. The first-order valence-corrected chi connectivity index (χ1v) is 5.83. The molecule has 1 aromatic heterocycles. The van der Waals surface area contributed by atoms with Crippen molar-refractivity contribution in [3.8, 4) is 0 Å². The molecule has 0 radical (unpaired) electrons. The average molecular weight is 263 g/mol. The van der Waals surface area contributed by atoms with Crippen LogP contribution in [0.3, 0.4) is 0 Å². The van der Waals surface area contributed by atoms with Gasteiger partial charge in [0.1, 0.15) is 6.61 Å². The zero-order valence-electron chi connectivity index (χ0n) is 10.7. The van der Waals surface area contributed by atoms with E-state index in [4.69, 9.17) is 15.0 Å². The smallest absolute Gasteiger partial charge is 0.261 e. The van der Waals surface area contributed by atoms with Gasteiger partial charge in [0.05, 0.1) is 6.61 Å². The van der Waals surface area contributed by atoms with Gasteiger partial charge in [-0.1, -0.05) is 5.16 Å². The summed E-state index contributed by atoms with van der Waals surface area (Å²) in [6.07, 6.45) is -0.745. The van der Waals surface area contributed by atoms with E-state index in [-0.39, 0.29) is 12.1 Å². The molecule has 0 unspecified atom stereocenters. The quantitative estimate of drug-likeness (QED) is 0.720. The number of nitrogens with two attached hydrogens (primary N) is 1. The number of ether oxygens (including phenoxy) is 1. The third-order valence-corrected chi connectivity index (χ3v) is 2.21. The van der Waals surface area contributed by atoms with Gasteiger partial charge in [-0.05, 0) is 20.3 Å². The van der Waals surface area contributed by atoms with E-state index >= 15 is 0 Å². The molecule has 1 aromatic rings. The molecule has 0 aliphatic carbocycles. The number of hydrogen-bond donors (Lipinski definition) is 1. The van der Waals surface area contributed by atoms with Crippen molar-refractivity contribution in [2.75, 3.05) is 13.2 Å². The topological polar surface area (TPSA) is 74.2 Å². The zero-order chi connectivity index (χ0) is 13.6. The van der Waals surface area contributed by atoms with Crippen molar-refractivity contribution < 1.29 is 18.0 Å². The second-order valence-corrected chi connectivity index (χ2v) is 4.81. The van der Waals surface area contributed by atoms with Gasteiger partial charge in [0.2, 0.25) is 5.89 Å². The first kappa shape index (κ1) is 15.0. The van der Waals surface area contributed by atoms with Crippen LogP contribution >= 0.6 is 0 Å². The molecule has 104 valence electrons. The first-order chi connectivity index (χ1) is 8.37. The van der Waals surface area contributed by atoms with Crippen LogP contribution in [0.15, 0.2) is 4.52 Å². The van der Waals surface area contributed by atoms with Crippen LogP contribution in [0.2, 0.25) is 0 Å². The van der Waals surface area contributed by atoms with Gasteiger partial charge in [-0.2, -0.15) is 4.98 Å². The molecular weight excluding hydrogens is 244 g/mol. The van der Waals surface area contributed by atoms with Crippen LogP contribution in [0.25, 0.3) is 0 Å². The summed E-state index contributed by atoms with van der Waals surface area (Å²) in [6, 6.07) is 0. The summed E-state index contributed by atoms with van der Waals surface area (Å²) in [5, 5.41) is 3.74. The van der Waals surface area contributed by atoms with Crippen molar-refractivity contribution >= 4 is 0 Å². The number of nitrogens with zero attached hydrogens (tertiary/aromatic N) is 2. The molecule has 0 fully saturated rings. The third-order valence-electron chi connectivity index (χ3n) is 2.21. The molecule has 0 aliphatic rings. The van der Waals surface area contributed by atoms with Crippen molar-refractivity contribution in [1.29, 1.82) is 0 Å². The Bertz CT molecular complexity index is 350. The molecule has 1 heterocycles. The molecule has 0 saturated heterocycles. The second-order valence-electron chi connectivity index (χ2n) is 4.81. The monoisotopic (exact) mass is 263 g/mol. The van der Waals surface area contributed by atoms with E-state index in [1.54, 1.807) is 0 Å². The molecule has 5 nitrogen and oxygen atoms in total. The van der Waals surface area contributed by atoms with Gasteiger partial charge in [0, 0.05) is 18.4 Å². The van der Waals surface area contributed by atoms with Gasteiger partial charge in [-0.25, -0.2) is 8.78 Å². The first-order valence-electron chi connectivity index (χ1n) is 5.83. The molecule has 0 atom stereocenters. The molecule has 2 N–H and O–H groups in total. The van der Waals surface area contributed by atoms with E-state index < -0.39 is 13.0 Å². The fraction of sp³-hybridized carbons (Fsp3) is 0.818. The summed E-state index contributed by atoms with van der Waals surface area (Å²) in [4.78, 5) is 4.13. The Morgan fingerprint density at radius 1 is 1.39 bits per heavy atom. The molecule has 0 spiro atoms.